The molecule has 2 atom stereocenters. The lowest BCUT2D eigenvalue weighted by molar-refractivity contribution is -0.0139. The number of allylic oxidation sites excluding steroid dienone is 3. The number of hydrogen-bond donors (Lipinski definition) is 3. The van der Waals surface area contributed by atoms with E-state index in [-0.39, 0.29) is 36.3 Å². The summed E-state index contributed by atoms with van der Waals surface area (Å²) in [4.78, 5) is 25.7. The number of carbonyl (C=O) groups is 1. The van der Waals surface area contributed by atoms with Crippen molar-refractivity contribution in [1.29, 1.82) is 0 Å². The Morgan fingerprint density at radius 3 is 2.60 bits per heavy atom. The molecule has 0 radical (unpaired) electrons. The number of rotatable bonds is 5. The van der Waals surface area contributed by atoms with E-state index in [0.29, 0.717) is 29.8 Å². The third kappa shape index (κ3) is 6.72. The normalized spacial score (nSPS) is 23.6. The van der Waals surface area contributed by atoms with Crippen LogP contribution in [0, 0.1) is 17.2 Å². The summed E-state index contributed by atoms with van der Waals surface area (Å²) in [5.41, 5.74) is 11.3. The Balaban J connectivity index is 0.00000207. The van der Waals surface area contributed by atoms with Crippen LogP contribution in [0.3, 0.4) is 0 Å². The average Bonchev–Trinajstić information content (AvgIpc) is 3.00. The molecule has 1 heterocycles. The van der Waals surface area contributed by atoms with Crippen molar-refractivity contribution in [2.24, 2.45) is 32.8 Å². The van der Waals surface area contributed by atoms with Crippen LogP contribution >= 0.6 is 0 Å². The number of alkyl halides is 2. The zero-order valence-electron chi connectivity index (χ0n) is 24.0. The first-order valence-electron chi connectivity index (χ1n) is 13.8. The number of Topliss-reactive ketones (excluding diaryl/α,β-unsaturated/α-hetero) is 1. The van der Waals surface area contributed by atoms with Crippen molar-refractivity contribution in [1.82, 2.24) is 4.98 Å². The van der Waals surface area contributed by atoms with Gasteiger partial charge in [0.25, 0.3) is 5.92 Å². The molecule has 3 aliphatic carbocycles. The molecule has 0 aliphatic heterocycles. The summed E-state index contributed by atoms with van der Waals surface area (Å²) in [6, 6.07) is 8.06. The molecule has 1 aromatic heterocycles. The van der Waals surface area contributed by atoms with Crippen molar-refractivity contribution in [3.63, 3.8) is 0 Å². The Labute approximate surface area is 249 Å². The zero-order valence-corrected chi connectivity index (χ0v) is 24.8. The molecule has 43 heavy (non-hydrogen) atoms. The number of sulfone groups is 1. The summed E-state index contributed by atoms with van der Waals surface area (Å²) in [6.07, 6.45) is 4.80. The maximum Gasteiger partial charge on any atom is 0.273 e. The van der Waals surface area contributed by atoms with E-state index < -0.39 is 50.3 Å². The van der Waals surface area contributed by atoms with E-state index in [2.05, 4.69) is 26.0 Å². The number of aromatic nitrogens is 1. The topological polar surface area (TPSA) is 153 Å². The number of nitrogens with one attached hydrogen (secondary N) is 1. The van der Waals surface area contributed by atoms with Crippen molar-refractivity contribution in [3.8, 4) is 0 Å². The first-order valence-corrected chi connectivity index (χ1v) is 15.5. The fraction of sp³-hybridized carbons (Fsp3) is 0.400. The fourth-order valence-corrected chi connectivity index (χ4v) is 7.31. The highest BCUT2D eigenvalue weighted by Gasteiger charge is 2.51. The Morgan fingerprint density at radius 2 is 1.91 bits per heavy atom. The number of pyridine rings is 1. The first kappa shape index (κ1) is 32.1. The summed E-state index contributed by atoms with van der Waals surface area (Å²) in [7, 11) is -0.997. The van der Waals surface area contributed by atoms with E-state index in [1.54, 1.807) is 12.1 Å². The summed E-state index contributed by atoms with van der Waals surface area (Å²) < 4.78 is 69.9. The number of amidine groups is 1. The minimum atomic E-state index is -3.94. The molecule has 5 N–H and O–H groups in total. The van der Waals surface area contributed by atoms with E-state index in [1.807, 2.05) is 6.08 Å². The number of anilines is 1. The molecular weight excluding hydrogens is 581 g/mol. The number of benzene rings is 1. The van der Waals surface area contributed by atoms with E-state index >= 15 is 8.78 Å². The van der Waals surface area contributed by atoms with Gasteiger partial charge in [0, 0.05) is 36.6 Å². The highest BCUT2D eigenvalue weighted by molar-refractivity contribution is 8.06. The molecule has 3 aliphatic rings. The summed E-state index contributed by atoms with van der Waals surface area (Å²) in [5.74, 6) is -4.76. The second-order valence-corrected chi connectivity index (χ2v) is 12.8. The van der Waals surface area contributed by atoms with Gasteiger partial charge in [-0.05, 0) is 93.1 Å². The highest BCUT2D eigenvalue weighted by Crippen LogP contribution is 2.54. The zero-order chi connectivity index (χ0) is 31.4. The molecular formula is C30H35F3N6O3S. The van der Waals surface area contributed by atoms with Gasteiger partial charge in [-0.25, -0.2) is 26.6 Å². The van der Waals surface area contributed by atoms with Crippen LogP contribution in [-0.2, 0) is 15.8 Å². The van der Waals surface area contributed by atoms with Crippen LogP contribution in [0.1, 0.15) is 54.6 Å². The van der Waals surface area contributed by atoms with Crippen LogP contribution in [0.5, 0.6) is 0 Å². The van der Waals surface area contributed by atoms with Crippen molar-refractivity contribution in [3.05, 3.63) is 82.6 Å². The molecule has 1 aromatic carbocycles. The molecule has 1 spiro atoms. The van der Waals surface area contributed by atoms with Crippen molar-refractivity contribution in [2.75, 3.05) is 25.2 Å². The third-order valence-electron chi connectivity index (χ3n) is 8.08. The lowest BCUT2D eigenvalue weighted by atomic mass is 9.58. The predicted octanol–water partition coefficient (Wildman–Crippen LogP) is 4.73. The minimum Gasteiger partial charge on any atom is -0.374 e. The summed E-state index contributed by atoms with van der Waals surface area (Å²) >= 11 is 0. The van der Waals surface area contributed by atoms with E-state index in [1.165, 1.54) is 38.5 Å². The molecule has 230 valence electrons. The Kier molecular flexibility index (Phi) is 9.55. The van der Waals surface area contributed by atoms with E-state index in [0.717, 1.165) is 18.0 Å². The lowest BCUT2D eigenvalue weighted by Crippen LogP contribution is -2.44. The number of nitrogens with two attached hydrogens (primary N) is 2. The van der Waals surface area contributed by atoms with Gasteiger partial charge < -0.3 is 16.8 Å². The first-order chi connectivity index (χ1) is 20.4. The van der Waals surface area contributed by atoms with Crippen LogP contribution in [0.4, 0.5) is 18.9 Å². The number of nitrogens with zero attached hydrogens (tertiary/aromatic N) is 3. The Bertz CT molecular complexity index is 1600. The molecule has 1 fully saturated rings. The maximum absolute atomic E-state index is 15.2. The average molecular weight is 617 g/mol. The van der Waals surface area contributed by atoms with Gasteiger partial charge in [0.1, 0.15) is 17.8 Å². The van der Waals surface area contributed by atoms with Gasteiger partial charge >= 0.3 is 0 Å². The number of ketones is 1. The highest BCUT2D eigenvalue weighted by atomic mass is 32.2. The molecule has 2 aromatic rings. The van der Waals surface area contributed by atoms with Gasteiger partial charge in [-0.2, -0.15) is 0 Å². The quantitative estimate of drug-likeness (QED) is 0.324. The molecule has 5 rings (SSSR count). The van der Waals surface area contributed by atoms with Gasteiger partial charge in [0.2, 0.25) is 15.0 Å². The van der Waals surface area contributed by atoms with Gasteiger partial charge in [-0.15, -0.1) is 0 Å². The SMILES string of the molecule is CN.CN=CN=C(N)S(=O)(=O)CC1CCC2=CC(Nc3ccc(F)cc3)=C3CCC(F)(F)c4ccnc(c4)C(=O)[C@@]2(C3)C1. The second-order valence-electron chi connectivity index (χ2n) is 10.8. The number of aliphatic imine (C=N–C) groups is 2. The van der Waals surface area contributed by atoms with Crippen molar-refractivity contribution >= 4 is 32.8 Å². The van der Waals surface area contributed by atoms with Crippen LogP contribution in [0.2, 0.25) is 0 Å². The largest absolute Gasteiger partial charge is 0.374 e. The van der Waals surface area contributed by atoms with Crippen LogP contribution in [0.25, 0.3) is 0 Å². The molecule has 1 unspecified atom stereocenters. The maximum atomic E-state index is 15.2. The third-order valence-corrected chi connectivity index (χ3v) is 9.73. The molecule has 4 bridgehead atoms. The second kappa shape index (κ2) is 12.8. The Morgan fingerprint density at radius 1 is 1.19 bits per heavy atom. The molecule has 13 heteroatoms. The molecule has 0 saturated heterocycles. The van der Waals surface area contributed by atoms with Gasteiger partial charge in [0.05, 0.1) is 11.2 Å². The molecule has 1 saturated carbocycles. The standard InChI is InChI=1S/C29H30F3N5O3S.CH5N/c1-34-17-36-27(33)41(39,40)16-18-2-3-20-12-24(37-23-6-4-22(30)5-7-23)19-8-10-29(31,32)21-9-11-35-25(13-21)26(38)28(20,14-18)15-19;1-2/h4-7,9,11-13,17-18,37H,2-3,8,10,14-16H2,1H3,(H2,33,34,36);2H2,1H3/t18?,28-;/m1./s1. The van der Waals surface area contributed by atoms with E-state index in [9.17, 15) is 17.6 Å². The summed E-state index contributed by atoms with van der Waals surface area (Å²) in [6.45, 7) is 0. The van der Waals surface area contributed by atoms with Crippen LogP contribution in [-0.4, -0.2) is 50.5 Å². The summed E-state index contributed by atoms with van der Waals surface area (Å²) in [5, 5.41) is 2.68. The fourth-order valence-electron chi connectivity index (χ4n) is 6.02. The van der Waals surface area contributed by atoms with E-state index in [4.69, 9.17) is 5.73 Å². The van der Waals surface area contributed by atoms with Gasteiger partial charge in [0.15, 0.2) is 5.78 Å². The van der Waals surface area contributed by atoms with Gasteiger partial charge in [-0.1, -0.05) is 5.57 Å². The number of carbonyl (C=O) groups excluding carboxylic acids is 1. The Hall–Kier alpha value is -3.84. The van der Waals surface area contributed by atoms with Crippen LogP contribution < -0.4 is 16.8 Å². The molecule has 0 amide bonds. The minimum absolute atomic E-state index is 0.00802. The number of fused-ring (bicyclic) bond motifs is 3. The monoisotopic (exact) mass is 616 g/mol. The number of halogens is 3. The van der Waals surface area contributed by atoms with Gasteiger partial charge in [-0.3, -0.25) is 14.8 Å². The molecule has 9 nitrogen and oxygen atoms in total. The lowest BCUT2D eigenvalue weighted by Gasteiger charge is -2.45. The predicted molar refractivity (Wildman–Crippen MR) is 161 cm³/mol. The smallest absolute Gasteiger partial charge is 0.273 e. The van der Waals surface area contributed by atoms with Crippen molar-refractivity contribution < 1.29 is 26.4 Å². The number of hydrogen-bond acceptors (Lipinski definition) is 7. The van der Waals surface area contributed by atoms with Crippen LogP contribution in [0.15, 0.2) is 75.5 Å². The van der Waals surface area contributed by atoms with Crippen molar-refractivity contribution in [2.45, 2.75) is 44.4 Å².